The lowest BCUT2D eigenvalue weighted by Gasteiger charge is -2.38. The van der Waals surface area contributed by atoms with Crippen LogP contribution in [0.15, 0.2) is 12.2 Å². The lowest BCUT2D eigenvalue weighted by molar-refractivity contribution is -0.138. The summed E-state index contributed by atoms with van der Waals surface area (Å²) < 4.78 is 11.8. The summed E-state index contributed by atoms with van der Waals surface area (Å²) in [6.45, 7) is 21.7. The van der Waals surface area contributed by atoms with Gasteiger partial charge in [-0.3, -0.25) is 0 Å². The minimum Gasteiger partial charge on any atom is -0.462 e. The second kappa shape index (κ2) is 10.3. The van der Waals surface area contributed by atoms with Crippen LogP contribution in [0.3, 0.4) is 0 Å². The summed E-state index contributed by atoms with van der Waals surface area (Å²) in [7, 11) is -1.77. The van der Waals surface area contributed by atoms with Crippen LogP contribution in [0.2, 0.25) is 19.1 Å². The van der Waals surface area contributed by atoms with Crippen LogP contribution < -0.4 is 0 Å². The predicted molar refractivity (Wildman–Crippen MR) is 101 cm³/mol. The first-order valence-corrected chi connectivity index (χ1v) is 12.1. The van der Waals surface area contributed by atoms with Crippen molar-refractivity contribution in [2.24, 2.45) is 17.8 Å². The number of esters is 1. The zero-order chi connectivity index (χ0) is 18.2. The molecule has 0 bridgehead atoms. The van der Waals surface area contributed by atoms with Gasteiger partial charge in [0, 0.05) is 5.57 Å². The molecule has 0 saturated carbocycles. The van der Waals surface area contributed by atoms with Crippen molar-refractivity contribution < 1.29 is 14.0 Å². The fraction of sp³-hybridized carbons (Fsp3) is 0.842. The monoisotopic (exact) mass is 342 g/mol. The second-order valence-corrected chi connectivity index (χ2v) is 12.1. The molecule has 0 rings (SSSR count). The molecule has 0 fully saturated rings. The average molecular weight is 343 g/mol. The van der Waals surface area contributed by atoms with Crippen molar-refractivity contribution in [3.63, 3.8) is 0 Å². The highest BCUT2D eigenvalue weighted by Gasteiger charge is 2.33. The Kier molecular flexibility index (Phi) is 10.0. The van der Waals surface area contributed by atoms with Crippen molar-refractivity contribution in [1.82, 2.24) is 0 Å². The van der Waals surface area contributed by atoms with Gasteiger partial charge < -0.3 is 9.16 Å². The van der Waals surface area contributed by atoms with E-state index >= 15 is 0 Å². The van der Waals surface area contributed by atoms with Crippen LogP contribution in [-0.4, -0.2) is 27.0 Å². The van der Waals surface area contributed by atoms with Gasteiger partial charge in [0.05, 0.1) is 12.7 Å². The van der Waals surface area contributed by atoms with Crippen LogP contribution in [0, 0.1) is 17.8 Å². The number of rotatable bonds is 11. The lowest BCUT2D eigenvalue weighted by Crippen LogP contribution is -2.42. The minimum absolute atomic E-state index is 0.295. The van der Waals surface area contributed by atoms with E-state index in [2.05, 4.69) is 54.3 Å². The third kappa shape index (κ3) is 8.71. The molecule has 136 valence electrons. The van der Waals surface area contributed by atoms with Crippen LogP contribution >= 0.6 is 0 Å². The van der Waals surface area contributed by atoms with Gasteiger partial charge in [-0.1, -0.05) is 47.6 Å². The summed E-state index contributed by atoms with van der Waals surface area (Å²) in [5.41, 5.74) is 0.459. The summed E-state index contributed by atoms with van der Waals surface area (Å²) in [5.74, 6) is 1.45. The summed E-state index contributed by atoms with van der Waals surface area (Å²) >= 11 is 0. The molecule has 3 nitrogen and oxygen atoms in total. The lowest BCUT2D eigenvalue weighted by atomic mass is 9.85. The predicted octanol–water partition coefficient (Wildman–Crippen LogP) is 5.42. The Labute approximate surface area is 145 Å². The number of hydrogen-bond acceptors (Lipinski definition) is 3. The van der Waals surface area contributed by atoms with Gasteiger partial charge in [-0.2, -0.15) is 0 Å². The van der Waals surface area contributed by atoms with E-state index in [0.29, 0.717) is 36.0 Å². The minimum atomic E-state index is -1.77. The van der Waals surface area contributed by atoms with E-state index in [4.69, 9.17) is 9.16 Å². The molecule has 0 amide bonds. The first kappa shape index (κ1) is 22.4. The standard InChI is InChI=1S/C19H38O3Si/c1-10-16(6)18(17(7)14(2)3)22-23(8,9)13-11-12-21-19(20)15(4)5/h14,16-18H,4,10-13H2,1-3,5-9H3. The number of ether oxygens (including phenoxy) is 1. The van der Waals surface area contributed by atoms with Gasteiger partial charge >= 0.3 is 5.97 Å². The molecule has 0 radical (unpaired) electrons. The van der Waals surface area contributed by atoms with Gasteiger partial charge in [0.2, 0.25) is 0 Å². The van der Waals surface area contributed by atoms with E-state index in [1.54, 1.807) is 6.92 Å². The Bertz CT molecular complexity index is 377. The summed E-state index contributed by atoms with van der Waals surface area (Å²) in [6.07, 6.45) is 2.32. The molecule has 0 aromatic rings. The second-order valence-electron chi connectivity index (χ2n) is 7.85. The third-order valence-corrected chi connectivity index (χ3v) is 7.20. The van der Waals surface area contributed by atoms with Crippen molar-refractivity contribution in [1.29, 1.82) is 0 Å². The SMILES string of the molecule is C=C(C)C(=O)OCCC[Si](C)(C)OC(C(C)CC)C(C)C(C)C. The largest absolute Gasteiger partial charge is 0.462 e. The quantitative estimate of drug-likeness (QED) is 0.217. The van der Waals surface area contributed by atoms with Crippen LogP contribution in [0.4, 0.5) is 0 Å². The Morgan fingerprint density at radius 1 is 1.17 bits per heavy atom. The average Bonchev–Trinajstić information content (AvgIpc) is 2.47. The molecule has 0 saturated heterocycles. The molecule has 0 aromatic carbocycles. The molecule has 3 atom stereocenters. The summed E-state index contributed by atoms with van der Waals surface area (Å²) in [4.78, 5) is 11.4. The maximum atomic E-state index is 11.4. The molecule has 0 aliphatic carbocycles. The van der Waals surface area contributed by atoms with Crippen LogP contribution in [0.5, 0.6) is 0 Å². The topological polar surface area (TPSA) is 35.5 Å². The van der Waals surface area contributed by atoms with E-state index in [1.807, 2.05) is 0 Å². The van der Waals surface area contributed by atoms with Gasteiger partial charge in [0.1, 0.15) is 0 Å². The molecule has 0 aliphatic heterocycles. The molecule has 4 heteroatoms. The first-order valence-electron chi connectivity index (χ1n) is 9.02. The Morgan fingerprint density at radius 2 is 1.74 bits per heavy atom. The number of carbonyl (C=O) groups excluding carboxylic acids is 1. The zero-order valence-electron chi connectivity index (χ0n) is 16.6. The molecule has 3 unspecified atom stereocenters. The normalized spacial score (nSPS) is 16.0. The maximum absolute atomic E-state index is 11.4. The van der Waals surface area contributed by atoms with Crippen molar-refractivity contribution >= 4 is 14.3 Å². The smallest absolute Gasteiger partial charge is 0.333 e. The molecule has 0 N–H and O–H groups in total. The van der Waals surface area contributed by atoms with Crippen molar-refractivity contribution in [3.8, 4) is 0 Å². The fourth-order valence-corrected chi connectivity index (χ4v) is 4.86. The summed E-state index contributed by atoms with van der Waals surface area (Å²) in [5, 5.41) is 0. The van der Waals surface area contributed by atoms with E-state index < -0.39 is 8.32 Å². The Morgan fingerprint density at radius 3 is 2.17 bits per heavy atom. The Balaban J connectivity index is 4.54. The van der Waals surface area contributed by atoms with Gasteiger partial charge in [-0.15, -0.1) is 0 Å². The maximum Gasteiger partial charge on any atom is 0.333 e. The number of hydrogen-bond donors (Lipinski definition) is 0. The van der Waals surface area contributed by atoms with E-state index in [0.717, 1.165) is 18.9 Å². The molecular formula is C19H38O3Si. The molecule has 0 aromatic heterocycles. The van der Waals surface area contributed by atoms with Gasteiger partial charge in [-0.25, -0.2) is 4.79 Å². The highest BCUT2D eigenvalue weighted by atomic mass is 28.4. The van der Waals surface area contributed by atoms with Crippen LogP contribution in [0.1, 0.15) is 54.4 Å². The highest BCUT2D eigenvalue weighted by Crippen LogP contribution is 2.29. The summed E-state index contributed by atoms with van der Waals surface area (Å²) in [6, 6.07) is 1.01. The Hall–Kier alpha value is -0.613. The highest BCUT2D eigenvalue weighted by molar-refractivity contribution is 6.71. The molecule has 0 spiro atoms. The fourth-order valence-electron chi connectivity index (χ4n) is 2.57. The van der Waals surface area contributed by atoms with E-state index in [9.17, 15) is 4.79 Å². The number of carbonyl (C=O) groups is 1. The zero-order valence-corrected chi connectivity index (χ0v) is 17.6. The van der Waals surface area contributed by atoms with Gasteiger partial charge in [0.15, 0.2) is 8.32 Å². The molecule has 0 heterocycles. The van der Waals surface area contributed by atoms with Crippen LogP contribution in [0.25, 0.3) is 0 Å². The molecular weight excluding hydrogens is 304 g/mol. The van der Waals surface area contributed by atoms with Gasteiger partial charge in [0.25, 0.3) is 0 Å². The van der Waals surface area contributed by atoms with E-state index in [1.165, 1.54) is 0 Å². The third-order valence-electron chi connectivity index (χ3n) is 4.73. The van der Waals surface area contributed by atoms with E-state index in [-0.39, 0.29) is 5.97 Å². The molecule has 0 aliphatic rings. The van der Waals surface area contributed by atoms with Crippen molar-refractivity contribution in [3.05, 3.63) is 12.2 Å². The van der Waals surface area contributed by atoms with Crippen molar-refractivity contribution in [2.45, 2.75) is 79.6 Å². The first-order chi connectivity index (χ1) is 10.5. The van der Waals surface area contributed by atoms with Gasteiger partial charge in [-0.05, 0) is 50.2 Å². The van der Waals surface area contributed by atoms with Crippen LogP contribution in [-0.2, 0) is 14.0 Å². The molecule has 23 heavy (non-hydrogen) atoms. The van der Waals surface area contributed by atoms with Crippen molar-refractivity contribution in [2.75, 3.05) is 6.61 Å².